The van der Waals surface area contributed by atoms with Gasteiger partial charge in [0.15, 0.2) is 0 Å². The van der Waals surface area contributed by atoms with Crippen LogP contribution in [-0.4, -0.2) is 10.2 Å². The van der Waals surface area contributed by atoms with Crippen LogP contribution in [0.3, 0.4) is 0 Å². The molecular weight excluding hydrogens is 572 g/mol. The van der Waals surface area contributed by atoms with Gasteiger partial charge in [-0.3, -0.25) is 0 Å². The number of aromatic hydroxyl groups is 2. The molecule has 5 rings (SSSR count). The number of phenols is 2. The molecule has 262 valence electrons. The average Bonchev–Trinajstić information content (AvgIpc) is 3.05. The fraction of sp³-hybridized carbons (Fsp3) is 0.556. The highest BCUT2D eigenvalue weighted by molar-refractivity contribution is 5.59. The van der Waals surface area contributed by atoms with Crippen molar-refractivity contribution in [1.29, 1.82) is 0 Å². The normalized spacial score (nSPS) is 20.9. The van der Waals surface area contributed by atoms with Crippen molar-refractivity contribution in [2.24, 2.45) is 17.8 Å². The third kappa shape index (κ3) is 11.6. The van der Waals surface area contributed by atoms with Crippen LogP contribution >= 0.6 is 0 Å². The molecule has 2 heteroatoms. The minimum Gasteiger partial charge on any atom is -0.507 e. The Morgan fingerprint density at radius 2 is 1.30 bits per heavy atom. The zero-order valence-corrected chi connectivity index (χ0v) is 32.6. The van der Waals surface area contributed by atoms with Crippen molar-refractivity contribution in [3.8, 4) is 11.5 Å². The lowest BCUT2D eigenvalue weighted by Gasteiger charge is -2.50. The van der Waals surface area contributed by atoms with Crippen LogP contribution in [0.2, 0.25) is 0 Å². The molecule has 47 heavy (non-hydrogen) atoms. The lowest BCUT2D eigenvalue weighted by Crippen LogP contribution is -2.42. The first-order chi connectivity index (χ1) is 22.3. The molecule has 2 bridgehead atoms. The van der Waals surface area contributed by atoms with Crippen molar-refractivity contribution >= 4 is 6.08 Å². The van der Waals surface area contributed by atoms with E-state index in [2.05, 4.69) is 91.4 Å². The van der Waals surface area contributed by atoms with E-state index in [1.807, 2.05) is 53.7 Å². The second-order valence-electron chi connectivity index (χ2n) is 14.0. The molecule has 2 aliphatic carbocycles. The van der Waals surface area contributed by atoms with Crippen LogP contribution in [-0.2, 0) is 18.3 Å². The van der Waals surface area contributed by atoms with Crippen LogP contribution in [0, 0.1) is 38.5 Å². The molecule has 2 aliphatic rings. The zero-order chi connectivity index (χ0) is 35.9. The summed E-state index contributed by atoms with van der Waals surface area (Å²) in [5.41, 5.74) is 9.78. The van der Waals surface area contributed by atoms with Crippen LogP contribution in [0.25, 0.3) is 6.08 Å². The van der Waals surface area contributed by atoms with E-state index in [9.17, 15) is 10.2 Å². The highest BCUT2D eigenvalue weighted by Gasteiger charge is 2.46. The van der Waals surface area contributed by atoms with Crippen molar-refractivity contribution < 1.29 is 10.2 Å². The molecule has 2 unspecified atom stereocenters. The van der Waals surface area contributed by atoms with Crippen molar-refractivity contribution in [2.75, 3.05) is 0 Å². The molecule has 0 spiro atoms. The molecule has 0 radical (unpaired) electrons. The Morgan fingerprint density at radius 1 is 0.766 bits per heavy atom. The maximum Gasteiger partial charge on any atom is 0.125 e. The molecular formula is C45H70O2. The summed E-state index contributed by atoms with van der Waals surface area (Å²) in [5.74, 6) is 4.05. The summed E-state index contributed by atoms with van der Waals surface area (Å²) in [6.07, 6.45) is 10.3. The number of fused-ring (bicyclic) bond motifs is 2. The Labute approximate surface area is 290 Å². The molecule has 2 atom stereocenters. The van der Waals surface area contributed by atoms with E-state index >= 15 is 0 Å². The van der Waals surface area contributed by atoms with Gasteiger partial charge in [0.1, 0.15) is 11.5 Å². The summed E-state index contributed by atoms with van der Waals surface area (Å²) in [7, 11) is 0. The van der Waals surface area contributed by atoms with Crippen LogP contribution in [0.15, 0.2) is 55.1 Å². The zero-order valence-electron chi connectivity index (χ0n) is 32.6. The summed E-state index contributed by atoms with van der Waals surface area (Å²) in [5, 5.41) is 20.3. The molecule has 0 saturated heterocycles. The van der Waals surface area contributed by atoms with Crippen molar-refractivity contribution in [3.63, 3.8) is 0 Å². The minimum absolute atomic E-state index is 0.236. The quantitative estimate of drug-likeness (QED) is 0.291. The Bertz CT molecular complexity index is 1350. The molecule has 3 aromatic carbocycles. The van der Waals surface area contributed by atoms with Crippen molar-refractivity contribution in [2.45, 2.75) is 146 Å². The number of aryl methyl sites for hydroxylation is 5. The first kappa shape index (κ1) is 42.0. The van der Waals surface area contributed by atoms with Crippen LogP contribution in [0.4, 0.5) is 0 Å². The Hall–Kier alpha value is -3.00. The molecule has 2 nitrogen and oxygen atoms in total. The predicted molar refractivity (Wildman–Crippen MR) is 209 cm³/mol. The lowest BCUT2D eigenvalue weighted by atomic mass is 9.54. The van der Waals surface area contributed by atoms with Gasteiger partial charge in [-0.25, -0.2) is 0 Å². The monoisotopic (exact) mass is 643 g/mol. The molecule has 2 N–H and O–H groups in total. The summed E-state index contributed by atoms with van der Waals surface area (Å²) < 4.78 is 0. The van der Waals surface area contributed by atoms with Crippen molar-refractivity contribution in [3.05, 3.63) is 99.6 Å². The maximum absolute atomic E-state index is 10.8. The average molecular weight is 643 g/mol. The third-order valence-electron chi connectivity index (χ3n) is 9.67. The van der Waals surface area contributed by atoms with Crippen LogP contribution < -0.4 is 0 Å². The molecule has 3 aromatic rings. The number of benzene rings is 3. The first-order valence-corrected chi connectivity index (χ1v) is 18.7. The van der Waals surface area contributed by atoms with Gasteiger partial charge in [-0.1, -0.05) is 135 Å². The Balaban J connectivity index is 0.000000362. The van der Waals surface area contributed by atoms with Gasteiger partial charge in [-0.05, 0) is 123 Å². The molecule has 2 saturated carbocycles. The first-order valence-electron chi connectivity index (χ1n) is 18.7. The van der Waals surface area contributed by atoms with E-state index in [4.69, 9.17) is 0 Å². The van der Waals surface area contributed by atoms with Crippen molar-refractivity contribution in [1.82, 2.24) is 0 Å². The molecule has 0 aliphatic heterocycles. The van der Waals surface area contributed by atoms with Gasteiger partial charge in [0, 0.05) is 11.1 Å². The molecule has 0 aromatic heterocycles. The van der Waals surface area contributed by atoms with E-state index in [0.717, 1.165) is 52.8 Å². The number of rotatable bonds is 5. The fourth-order valence-corrected chi connectivity index (χ4v) is 8.13. The van der Waals surface area contributed by atoms with Gasteiger partial charge in [-0.2, -0.15) is 0 Å². The fourth-order valence-electron chi connectivity index (χ4n) is 8.13. The van der Waals surface area contributed by atoms with Crippen LogP contribution in [0.1, 0.15) is 152 Å². The third-order valence-corrected chi connectivity index (χ3v) is 9.67. The second kappa shape index (κ2) is 20.4. The topological polar surface area (TPSA) is 40.5 Å². The highest BCUT2D eigenvalue weighted by atomic mass is 16.3. The molecule has 0 heterocycles. The van der Waals surface area contributed by atoms with Gasteiger partial charge < -0.3 is 10.2 Å². The van der Waals surface area contributed by atoms with E-state index in [1.165, 1.54) is 54.4 Å². The minimum atomic E-state index is 0.236. The lowest BCUT2D eigenvalue weighted by molar-refractivity contribution is 0.0762. The number of hydrogen-bond donors (Lipinski definition) is 2. The number of phenolic OH excluding ortho intramolecular Hbond substituents is 2. The Morgan fingerprint density at radius 3 is 1.79 bits per heavy atom. The standard InChI is InChI=1S/C20H30O.C11H16.C10H12O.2C2H6/c1-5-17-8-13(2)9-18(19(17)21)20-10-14(3)6-16(12-20)7-15(4)11-20;1-4-10-7-5-6-8-11(10)9(2)3;1-4-9-6-7(2)5-8(3)10(9)11;2*1-2/h8-9,14-16,21H,5-7,10-12H2,1-4H3;5-9H,4H2,1-3H3;4-6,11H,1H2,2-3H3;2*1-2H3. The van der Waals surface area contributed by atoms with E-state index in [1.54, 1.807) is 6.08 Å². The smallest absolute Gasteiger partial charge is 0.125 e. The van der Waals surface area contributed by atoms with Gasteiger partial charge in [-0.15, -0.1) is 0 Å². The molecule has 0 amide bonds. The maximum atomic E-state index is 10.8. The predicted octanol–water partition coefficient (Wildman–Crippen LogP) is 13.4. The largest absolute Gasteiger partial charge is 0.507 e. The molecule has 2 fully saturated rings. The number of hydrogen-bond acceptors (Lipinski definition) is 2. The van der Waals surface area contributed by atoms with Gasteiger partial charge in [0.25, 0.3) is 0 Å². The SMILES string of the molecule is C=Cc1cc(C)cc(C)c1O.CC.CC.CCc1cc(C)cc(C23CC(C)CC(CC(C)C2)C3)c1O.CCc1ccccc1C(C)C. The summed E-state index contributed by atoms with van der Waals surface area (Å²) in [4.78, 5) is 0. The summed E-state index contributed by atoms with van der Waals surface area (Å²) >= 11 is 0. The van der Waals surface area contributed by atoms with Gasteiger partial charge in [0.2, 0.25) is 0 Å². The van der Waals surface area contributed by atoms with E-state index in [0.29, 0.717) is 17.4 Å². The summed E-state index contributed by atoms with van der Waals surface area (Å²) in [6, 6.07) is 17.0. The summed E-state index contributed by atoms with van der Waals surface area (Å²) in [6.45, 7) is 31.3. The second-order valence-corrected chi connectivity index (χ2v) is 14.0. The van der Waals surface area contributed by atoms with Gasteiger partial charge >= 0.3 is 0 Å². The van der Waals surface area contributed by atoms with Gasteiger partial charge in [0.05, 0.1) is 0 Å². The van der Waals surface area contributed by atoms with Crippen LogP contribution in [0.5, 0.6) is 11.5 Å². The van der Waals surface area contributed by atoms with E-state index < -0.39 is 0 Å². The highest BCUT2D eigenvalue weighted by Crippen LogP contribution is 2.56. The van der Waals surface area contributed by atoms with E-state index in [-0.39, 0.29) is 5.41 Å². The Kier molecular flexibility index (Phi) is 18.2.